The fraction of sp³-hybridized carbons (Fsp3) is 0.0667. The second kappa shape index (κ2) is 7.65. The van der Waals surface area contributed by atoms with E-state index in [-0.39, 0.29) is 0 Å². The van der Waals surface area contributed by atoms with E-state index in [9.17, 15) is 0 Å². The Morgan fingerprint density at radius 3 is 1.57 bits per heavy atom. The lowest BCUT2D eigenvalue weighted by atomic mass is 9.85. The maximum absolute atomic E-state index is 2.28. The molecule has 0 unspecified atom stereocenters. The lowest BCUT2D eigenvalue weighted by molar-refractivity contribution is 1.45. The average Bonchev–Trinajstić information content (AvgIpc) is 2.78. The lowest BCUT2D eigenvalue weighted by Crippen LogP contribution is -1.92. The minimum Gasteiger partial charge on any atom is -0.0616 e. The van der Waals surface area contributed by atoms with Crippen LogP contribution in [-0.4, -0.2) is 0 Å². The topological polar surface area (TPSA) is 0 Å². The van der Waals surface area contributed by atoms with Crippen LogP contribution in [0.15, 0.2) is 109 Å². The lowest BCUT2D eigenvalue weighted by Gasteiger charge is -2.18. The molecule has 5 rings (SSSR count). The van der Waals surface area contributed by atoms with Gasteiger partial charge in [-0.25, -0.2) is 0 Å². The number of rotatable bonds is 3. The number of hydrogen-bond acceptors (Lipinski definition) is 0. The van der Waals surface area contributed by atoms with E-state index in [0.29, 0.717) is 0 Å². The van der Waals surface area contributed by atoms with Gasteiger partial charge in [0.25, 0.3) is 0 Å². The van der Waals surface area contributed by atoms with Gasteiger partial charge in [-0.3, -0.25) is 0 Å². The van der Waals surface area contributed by atoms with Crippen molar-refractivity contribution >= 4 is 10.8 Å². The van der Waals surface area contributed by atoms with Crippen LogP contribution >= 0.6 is 0 Å². The van der Waals surface area contributed by atoms with Crippen molar-refractivity contribution in [2.24, 2.45) is 0 Å². The van der Waals surface area contributed by atoms with Crippen LogP contribution < -0.4 is 0 Å². The van der Waals surface area contributed by atoms with Crippen molar-refractivity contribution in [1.29, 1.82) is 0 Å². The fourth-order valence-corrected chi connectivity index (χ4v) is 4.39. The van der Waals surface area contributed by atoms with Crippen molar-refractivity contribution in [3.05, 3.63) is 120 Å². The SMILES string of the molecule is Cc1cccc(-c2cccc(-c3cccc(C)c3)c2-c2cccc3ccccc23)c1. The van der Waals surface area contributed by atoms with Crippen LogP contribution in [0.1, 0.15) is 11.1 Å². The summed E-state index contributed by atoms with van der Waals surface area (Å²) in [6.45, 7) is 4.32. The third kappa shape index (κ3) is 3.31. The highest BCUT2D eigenvalue weighted by Crippen LogP contribution is 2.42. The van der Waals surface area contributed by atoms with Crippen molar-refractivity contribution in [2.45, 2.75) is 13.8 Å². The Balaban J connectivity index is 1.89. The van der Waals surface area contributed by atoms with Crippen LogP contribution in [0, 0.1) is 13.8 Å². The minimum absolute atomic E-state index is 1.26. The average molecular weight is 385 g/mol. The van der Waals surface area contributed by atoms with Crippen LogP contribution in [0.25, 0.3) is 44.2 Å². The molecule has 0 bridgehead atoms. The molecule has 0 radical (unpaired) electrons. The highest BCUT2D eigenvalue weighted by atomic mass is 14.2. The van der Waals surface area contributed by atoms with Gasteiger partial charge in [-0.05, 0) is 58.0 Å². The van der Waals surface area contributed by atoms with Crippen molar-refractivity contribution in [3.63, 3.8) is 0 Å². The smallest absolute Gasteiger partial charge is 0.00206 e. The van der Waals surface area contributed by atoms with Crippen LogP contribution in [0.3, 0.4) is 0 Å². The predicted octanol–water partition coefficient (Wildman–Crippen LogP) is 8.46. The minimum atomic E-state index is 1.26. The van der Waals surface area contributed by atoms with Crippen molar-refractivity contribution < 1.29 is 0 Å². The summed E-state index contributed by atoms with van der Waals surface area (Å²) in [7, 11) is 0. The highest BCUT2D eigenvalue weighted by Gasteiger charge is 2.16. The number of aryl methyl sites for hydroxylation is 2. The van der Waals surface area contributed by atoms with E-state index in [1.54, 1.807) is 0 Å². The third-order valence-electron chi connectivity index (χ3n) is 5.78. The standard InChI is InChI=1S/C30H24/c1-21-9-5-13-24(19-21)27-16-8-17-28(25-14-6-10-22(2)20-25)30(27)29-18-7-12-23-11-3-4-15-26(23)29/h3-20H,1-2H3. The first-order chi connectivity index (χ1) is 14.7. The molecule has 0 aliphatic carbocycles. The molecule has 0 amide bonds. The summed E-state index contributed by atoms with van der Waals surface area (Å²) in [4.78, 5) is 0. The highest BCUT2D eigenvalue weighted by molar-refractivity contribution is 6.05. The second-order valence-corrected chi connectivity index (χ2v) is 7.99. The molecule has 0 heterocycles. The van der Waals surface area contributed by atoms with Crippen molar-refractivity contribution in [3.8, 4) is 33.4 Å². The molecule has 30 heavy (non-hydrogen) atoms. The van der Waals surface area contributed by atoms with Gasteiger partial charge in [-0.15, -0.1) is 0 Å². The van der Waals surface area contributed by atoms with Gasteiger partial charge in [-0.2, -0.15) is 0 Å². The van der Waals surface area contributed by atoms with Gasteiger partial charge in [-0.1, -0.05) is 120 Å². The number of hydrogen-bond donors (Lipinski definition) is 0. The predicted molar refractivity (Wildman–Crippen MR) is 130 cm³/mol. The van der Waals surface area contributed by atoms with E-state index < -0.39 is 0 Å². The summed E-state index contributed by atoms with van der Waals surface area (Å²) in [5.74, 6) is 0. The van der Waals surface area contributed by atoms with Crippen LogP contribution in [-0.2, 0) is 0 Å². The van der Waals surface area contributed by atoms with Gasteiger partial charge >= 0.3 is 0 Å². The molecule has 0 saturated carbocycles. The second-order valence-electron chi connectivity index (χ2n) is 7.99. The van der Waals surface area contributed by atoms with Gasteiger partial charge in [0.05, 0.1) is 0 Å². The van der Waals surface area contributed by atoms with Crippen molar-refractivity contribution in [1.82, 2.24) is 0 Å². The molecule has 0 heteroatoms. The summed E-state index contributed by atoms with van der Waals surface area (Å²) >= 11 is 0. The Hall–Kier alpha value is -3.64. The summed E-state index contributed by atoms with van der Waals surface area (Å²) in [5.41, 5.74) is 10.2. The van der Waals surface area contributed by atoms with Crippen LogP contribution in [0.2, 0.25) is 0 Å². The van der Waals surface area contributed by atoms with Gasteiger partial charge in [0.1, 0.15) is 0 Å². The largest absolute Gasteiger partial charge is 0.0616 e. The molecule has 0 aliphatic heterocycles. The molecular weight excluding hydrogens is 360 g/mol. The van der Waals surface area contributed by atoms with E-state index in [1.165, 1.54) is 55.3 Å². The molecule has 0 spiro atoms. The molecule has 5 aromatic rings. The molecule has 0 nitrogen and oxygen atoms in total. The Kier molecular flexibility index (Phi) is 4.69. The first kappa shape index (κ1) is 18.4. The first-order valence-electron chi connectivity index (χ1n) is 10.5. The molecule has 0 atom stereocenters. The summed E-state index contributed by atoms with van der Waals surface area (Å²) in [6.07, 6.45) is 0. The van der Waals surface area contributed by atoms with Crippen LogP contribution in [0.5, 0.6) is 0 Å². The number of benzene rings is 5. The Bertz CT molecular complexity index is 1290. The Morgan fingerprint density at radius 2 is 0.933 bits per heavy atom. The molecule has 0 aromatic heterocycles. The molecular formula is C30H24. The van der Waals surface area contributed by atoms with Crippen molar-refractivity contribution in [2.75, 3.05) is 0 Å². The molecule has 0 aliphatic rings. The number of fused-ring (bicyclic) bond motifs is 1. The zero-order valence-corrected chi connectivity index (χ0v) is 17.4. The van der Waals surface area contributed by atoms with Gasteiger partial charge in [0, 0.05) is 0 Å². The Labute approximate surface area is 178 Å². The fourth-order valence-electron chi connectivity index (χ4n) is 4.39. The molecule has 144 valence electrons. The third-order valence-corrected chi connectivity index (χ3v) is 5.78. The van der Waals surface area contributed by atoms with Crippen LogP contribution in [0.4, 0.5) is 0 Å². The first-order valence-corrected chi connectivity index (χ1v) is 10.5. The quantitative estimate of drug-likeness (QED) is 0.293. The van der Waals surface area contributed by atoms with Gasteiger partial charge in [0.2, 0.25) is 0 Å². The van der Waals surface area contributed by atoms with E-state index >= 15 is 0 Å². The van der Waals surface area contributed by atoms with E-state index in [1.807, 2.05) is 0 Å². The molecule has 0 fully saturated rings. The summed E-state index contributed by atoms with van der Waals surface area (Å²) in [6, 6.07) is 39.6. The molecule has 5 aromatic carbocycles. The zero-order chi connectivity index (χ0) is 20.5. The van der Waals surface area contributed by atoms with E-state index in [4.69, 9.17) is 0 Å². The maximum atomic E-state index is 2.28. The summed E-state index contributed by atoms with van der Waals surface area (Å²) in [5, 5.41) is 2.55. The van der Waals surface area contributed by atoms with E-state index in [0.717, 1.165) is 0 Å². The maximum Gasteiger partial charge on any atom is -0.00206 e. The van der Waals surface area contributed by atoms with Gasteiger partial charge < -0.3 is 0 Å². The monoisotopic (exact) mass is 384 g/mol. The zero-order valence-electron chi connectivity index (χ0n) is 17.4. The van der Waals surface area contributed by atoms with Gasteiger partial charge in [0.15, 0.2) is 0 Å². The Morgan fingerprint density at radius 1 is 0.433 bits per heavy atom. The molecule has 0 N–H and O–H groups in total. The summed E-state index contributed by atoms with van der Waals surface area (Å²) < 4.78 is 0. The van der Waals surface area contributed by atoms with E-state index in [2.05, 4.69) is 123 Å². The molecule has 0 saturated heterocycles. The normalized spacial score (nSPS) is 11.0.